The third kappa shape index (κ3) is 5.50. The van der Waals surface area contributed by atoms with Crippen LogP contribution >= 0.6 is 0 Å². The van der Waals surface area contributed by atoms with Gasteiger partial charge in [-0.25, -0.2) is 9.18 Å². The molecule has 1 aliphatic heterocycles. The van der Waals surface area contributed by atoms with E-state index in [-0.39, 0.29) is 30.5 Å². The summed E-state index contributed by atoms with van der Waals surface area (Å²) in [6.07, 6.45) is 1.42. The number of ether oxygens (including phenoxy) is 3. The van der Waals surface area contributed by atoms with Gasteiger partial charge in [0.25, 0.3) is 0 Å². The van der Waals surface area contributed by atoms with Gasteiger partial charge in [0.15, 0.2) is 17.3 Å². The van der Waals surface area contributed by atoms with Crippen molar-refractivity contribution in [2.45, 2.75) is 38.0 Å². The predicted octanol–water partition coefficient (Wildman–Crippen LogP) is 5.99. The zero-order chi connectivity index (χ0) is 28.2. The van der Waals surface area contributed by atoms with Crippen molar-refractivity contribution in [1.29, 1.82) is 0 Å². The summed E-state index contributed by atoms with van der Waals surface area (Å²) in [7, 11) is 3.17. The number of nitrogens with one attached hydrogen (secondary N) is 1. The van der Waals surface area contributed by atoms with Crippen LogP contribution in [0, 0.1) is 5.82 Å². The largest absolute Gasteiger partial charge is 0.493 e. The molecule has 7 heteroatoms. The van der Waals surface area contributed by atoms with Crippen LogP contribution in [0.2, 0.25) is 0 Å². The number of hydrogen-bond donors (Lipinski definition) is 1. The van der Waals surface area contributed by atoms with Gasteiger partial charge in [0.2, 0.25) is 0 Å². The minimum Gasteiger partial charge on any atom is -0.493 e. The van der Waals surface area contributed by atoms with Crippen LogP contribution in [0.25, 0.3) is 0 Å². The number of dihydropyridines is 1. The molecule has 6 nitrogen and oxygen atoms in total. The number of ketones is 1. The standard InChI is InChI=1S/C33H32FNO5/c1-20-30(33(37)40-16-15-21-7-5-4-6-8-21)31(22-9-12-25(34)13-10-22)32-26(35-20)17-24(18-27(32)36)23-11-14-28(38-2)29(19-23)39-3/h4-14,19,24,31,35H,15-18H2,1-3H3/t24-,31+/m1/s1. The van der Waals surface area contributed by atoms with Crippen LogP contribution in [-0.4, -0.2) is 32.6 Å². The Morgan fingerprint density at radius 3 is 2.33 bits per heavy atom. The van der Waals surface area contributed by atoms with E-state index in [1.807, 2.05) is 55.5 Å². The summed E-state index contributed by atoms with van der Waals surface area (Å²) < 4.78 is 30.4. The quantitative estimate of drug-likeness (QED) is 0.353. The van der Waals surface area contributed by atoms with Gasteiger partial charge in [-0.05, 0) is 60.2 Å². The minimum atomic E-state index is -0.653. The summed E-state index contributed by atoms with van der Waals surface area (Å²) in [5.74, 6) is -0.455. The van der Waals surface area contributed by atoms with E-state index < -0.39 is 11.9 Å². The van der Waals surface area contributed by atoms with Crippen LogP contribution in [0.4, 0.5) is 4.39 Å². The molecule has 2 aliphatic rings. The first-order valence-corrected chi connectivity index (χ1v) is 13.3. The molecule has 206 valence electrons. The fourth-order valence-corrected chi connectivity index (χ4v) is 5.62. The number of esters is 1. The summed E-state index contributed by atoms with van der Waals surface area (Å²) in [4.78, 5) is 27.3. The first-order valence-electron chi connectivity index (χ1n) is 13.3. The highest BCUT2D eigenvalue weighted by Gasteiger charge is 2.41. The van der Waals surface area contributed by atoms with E-state index in [1.54, 1.807) is 26.4 Å². The number of halogens is 1. The molecular formula is C33H32FNO5. The Balaban J connectivity index is 1.46. The number of carbonyl (C=O) groups is 2. The highest BCUT2D eigenvalue weighted by atomic mass is 19.1. The molecule has 0 fully saturated rings. The first kappa shape index (κ1) is 27.2. The number of carbonyl (C=O) groups excluding carboxylic acids is 2. The van der Waals surface area contributed by atoms with E-state index in [0.717, 1.165) is 16.8 Å². The molecule has 0 aromatic heterocycles. The summed E-state index contributed by atoms with van der Waals surface area (Å²) in [6.45, 7) is 2.02. The van der Waals surface area contributed by atoms with Crippen molar-refractivity contribution in [3.8, 4) is 11.5 Å². The number of methoxy groups -OCH3 is 2. The Labute approximate surface area is 233 Å². The molecule has 0 spiro atoms. The van der Waals surface area contributed by atoms with Gasteiger partial charge >= 0.3 is 5.97 Å². The van der Waals surface area contributed by atoms with E-state index in [2.05, 4.69) is 5.32 Å². The minimum absolute atomic E-state index is 0.0649. The summed E-state index contributed by atoms with van der Waals surface area (Å²) in [6, 6.07) is 21.4. The third-order valence-electron chi connectivity index (χ3n) is 7.60. The average Bonchev–Trinajstić information content (AvgIpc) is 2.96. The number of allylic oxidation sites excluding steroid dienone is 3. The van der Waals surface area contributed by atoms with Crippen molar-refractivity contribution in [2.75, 3.05) is 20.8 Å². The molecule has 0 radical (unpaired) electrons. The second-order valence-electron chi connectivity index (χ2n) is 10.1. The van der Waals surface area contributed by atoms with Crippen LogP contribution in [0.15, 0.2) is 95.3 Å². The Bertz CT molecular complexity index is 1480. The van der Waals surface area contributed by atoms with Crippen molar-refractivity contribution in [3.05, 3.63) is 118 Å². The Morgan fingerprint density at radius 2 is 1.62 bits per heavy atom. The smallest absolute Gasteiger partial charge is 0.336 e. The van der Waals surface area contributed by atoms with Crippen molar-refractivity contribution < 1.29 is 28.2 Å². The van der Waals surface area contributed by atoms with Crippen LogP contribution in [0.5, 0.6) is 11.5 Å². The maximum absolute atomic E-state index is 13.9. The molecule has 0 unspecified atom stereocenters. The highest BCUT2D eigenvalue weighted by molar-refractivity contribution is 6.04. The van der Waals surface area contributed by atoms with E-state index in [0.29, 0.717) is 46.7 Å². The lowest BCUT2D eigenvalue weighted by Crippen LogP contribution is -2.36. The van der Waals surface area contributed by atoms with E-state index in [9.17, 15) is 14.0 Å². The zero-order valence-corrected chi connectivity index (χ0v) is 22.8. The lowest BCUT2D eigenvalue weighted by atomic mass is 9.71. The molecule has 1 heterocycles. The molecule has 3 aromatic carbocycles. The first-order chi connectivity index (χ1) is 19.4. The summed E-state index contributed by atoms with van der Waals surface area (Å²) in [5, 5.41) is 3.36. The van der Waals surface area contributed by atoms with E-state index in [1.165, 1.54) is 12.1 Å². The van der Waals surface area contributed by atoms with Gasteiger partial charge in [0.05, 0.1) is 26.4 Å². The number of benzene rings is 3. The molecule has 0 saturated heterocycles. The lowest BCUT2D eigenvalue weighted by Gasteiger charge is -2.36. The topological polar surface area (TPSA) is 73.9 Å². The molecule has 1 aliphatic carbocycles. The van der Waals surface area contributed by atoms with Crippen LogP contribution in [-0.2, 0) is 20.7 Å². The zero-order valence-electron chi connectivity index (χ0n) is 22.8. The van der Waals surface area contributed by atoms with Gasteiger partial charge in [-0.15, -0.1) is 0 Å². The summed E-state index contributed by atoms with van der Waals surface area (Å²) in [5.41, 5.74) is 4.99. The molecule has 3 aromatic rings. The number of hydrogen-bond acceptors (Lipinski definition) is 6. The highest BCUT2D eigenvalue weighted by Crippen LogP contribution is 2.46. The second-order valence-corrected chi connectivity index (χ2v) is 10.1. The van der Waals surface area contributed by atoms with Crippen molar-refractivity contribution >= 4 is 11.8 Å². The normalized spacial score (nSPS) is 18.6. The van der Waals surface area contributed by atoms with Crippen molar-refractivity contribution in [2.24, 2.45) is 0 Å². The van der Waals surface area contributed by atoms with Gasteiger partial charge in [0, 0.05) is 35.7 Å². The van der Waals surface area contributed by atoms with Gasteiger partial charge < -0.3 is 19.5 Å². The fourth-order valence-electron chi connectivity index (χ4n) is 5.62. The number of Topliss-reactive ketones (excluding diaryl/α,β-unsaturated/α-hetero) is 1. The van der Waals surface area contributed by atoms with Gasteiger partial charge in [-0.1, -0.05) is 48.5 Å². The maximum atomic E-state index is 13.9. The Hall–Kier alpha value is -4.39. The average molecular weight is 542 g/mol. The molecular weight excluding hydrogens is 509 g/mol. The number of rotatable bonds is 8. The fraction of sp³-hybridized carbons (Fsp3) is 0.273. The molecule has 5 rings (SSSR count). The molecule has 1 N–H and O–H groups in total. The third-order valence-corrected chi connectivity index (χ3v) is 7.60. The van der Waals surface area contributed by atoms with Crippen LogP contribution < -0.4 is 14.8 Å². The van der Waals surface area contributed by atoms with Crippen LogP contribution in [0.1, 0.15) is 48.3 Å². The van der Waals surface area contributed by atoms with E-state index in [4.69, 9.17) is 14.2 Å². The van der Waals surface area contributed by atoms with Crippen molar-refractivity contribution in [3.63, 3.8) is 0 Å². The lowest BCUT2D eigenvalue weighted by molar-refractivity contribution is -0.139. The van der Waals surface area contributed by atoms with Gasteiger partial charge in [-0.3, -0.25) is 4.79 Å². The van der Waals surface area contributed by atoms with E-state index >= 15 is 0 Å². The monoisotopic (exact) mass is 541 g/mol. The molecule has 40 heavy (non-hydrogen) atoms. The Kier molecular flexibility index (Phi) is 8.01. The molecule has 0 amide bonds. The predicted molar refractivity (Wildman–Crippen MR) is 150 cm³/mol. The van der Waals surface area contributed by atoms with Gasteiger partial charge in [-0.2, -0.15) is 0 Å². The van der Waals surface area contributed by atoms with Crippen LogP contribution in [0.3, 0.4) is 0 Å². The Morgan fingerprint density at radius 1 is 0.925 bits per heavy atom. The molecule has 2 atom stereocenters. The SMILES string of the molecule is COc1ccc([C@H]2CC(=O)C3=C(C2)NC(C)=C(C(=O)OCCc2ccccc2)[C@@H]3c2ccc(F)cc2)cc1OC. The maximum Gasteiger partial charge on any atom is 0.336 e. The summed E-state index contributed by atoms with van der Waals surface area (Å²) >= 11 is 0. The molecule has 0 bridgehead atoms. The van der Waals surface area contributed by atoms with Gasteiger partial charge in [0.1, 0.15) is 5.82 Å². The van der Waals surface area contributed by atoms with Crippen molar-refractivity contribution in [1.82, 2.24) is 5.32 Å². The second kappa shape index (κ2) is 11.8. The molecule has 0 saturated carbocycles.